The molecule has 5 heteroatoms. The second-order valence-electron chi connectivity index (χ2n) is 4.68. The molecule has 2 aliphatic heterocycles. The fraction of sp³-hybridized carbons (Fsp3) is 0.909. The number of carbonyl (C=O) groups excluding carboxylic acids is 1. The van der Waals surface area contributed by atoms with Crippen molar-refractivity contribution in [1.82, 2.24) is 10.2 Å². The summed E-state index contributed by atoms with van der Waals surface area (Å²) in [6, 6.07) is 0. The van der Waals surface area contributed by atoms with Crippen LogP contribution in [0.2, 0.25) is 0 Å². The number of rotatable bonds is 2. The lowest BCUT2D eigenvalue weighted by Crippen LogP contribution is -2.52. The van der Waals surface area contributed by atoms with Gasteiger partial charge in [-0.3, -0.25) is 4.79 Å². The number of hydrogen-bond acceptors (Lipinski definition) is 4. The Balaban J connectivity index is 1.94. The number of hydrogen-bond donors (Lipinski definition) is 2. The molecule has 2 fully saturated rings. The topological polar surface area (TPSA) is 61.8 Å². The molecule has 3 atom stereocenters. The smallest absolute Gasteiger partial charge is 0.227 e. The summed E-state index contributed by atoms with van der Waals surface area (Å²) in [4.78, 5) is 14.0. The zero-order valence-corrected chi connectivity index (χ0v) is 9.69. The number of ether oxygens (including phenoxy) is 1. The van der Waals surface area contributed by atoms with E-state index >= 15 is 0 Å². The highest BCUT2D eigenvalue weighted by atomic mass is 16.5. The van der Waals surface area contributed by atoms with E-state index in [-0.39, 0.29) is 30.6 Å². The summed E-state index contributed by atoms with van der Waals surface area (Å²) in [5.41, 5.74) is 0. The molecule has 2 N–H and O–H groups in total. The van der Waals surface area contributed by atoms with Gasteiger partial charge in [-0.1, -0.05) is 0 Å². The molecule has 92 valence electrons. The Morgan fingerprint density at radius 3 is 3.00 bits per heavy atom. The van der Waals surface area contributed by atoms with E-state index in [0.29, 0.717) is 13.1 Å². The van der Waals surface area contributed by atoms with E-state index in [1.165, 1.54) is 0 Å². The van der Waals surface area contributed by atoms with Gasteiger partial charge in [0.25, 0.3) is 0 Å². The second kappa shape index (κ2) is 5.12. The first kappa shape index (κ1) is 11.8. The van der Waals surface area contributed by atoms with Crippen molar-refractivity contribution in [1.29, 1.82) is 0 Å². The number of carbonyl (C=O) groups is 1. The first-order valence-electron chi connectivity index (χ1n) is 5.96. The number of amides is 1. The molecular weight excluding hydrogens is 208 g/mol. The van der Waals surface area contributed by atoms with Gasteiger partial charge in [-0.25, -0.2) is 0 Å². The normalized spacial score (nSPS) is 35.4. The van der Waals surface area contributed by atoms with Gasteiger partial charge in [-0.2, -0.15) is 0 Å². The fourth-order valence-electron chi connectivity index (χ4n) is 2.45. The molecule has 0 saturated carbocycles. The van der Waals surface area contributed by atoms with Crippen molar-refractivity contribution in [2.75, 3.05) is 32.8 Å². The van der Waals surface area contributed by atoms with Crippen LogP contribution in [0.1, 0.15) is 13.3 Å². The van der Waals surface area contributed by atoms with Crippen LogP contribution in [0.15, 0.2) is 0 Å². The molecule has 2 saturated heterocycles. The maximum absolute atomic E-state index is 12.2. The van der Waals surface area contributed by atoms with Gasteiger partial charge in [-0.05, 0) is 19.9 Å². The third kappa shape index (κ3) is 2.53. The van der Waals surface area contributed by atoms with Gasteiger partial charge in [-0.15, -0.1) is 0 Å². The fourth-order valence-corrected chi connectivity index (χ4v) is 2.45. The molecule has 0 bridgehead atoms. The molecule has 16 heavy (non-hydrogen) atoms. The van der Waals surface area contributed by atoms with E-state index in [4.69, 9.17) is 9.84 Å². The van der Waals surface area contributed by atoms with Crippen molar-refractivity contribution < 1.29 is 14.6 Å². The molecule has 1 amide bonds. The average molecular weight is 228 g/mol. The minimum Gasteiger partial charge on any atom is -0.394 e. The van der Waals surface area contributed by atoms with Crippen LogP contribution in [0.5, 0.6) is 0 Å². The van der Waals surface area contributed by atoms with Gasteiger partial charge in [0.15, 0.2) is 0 Å². The summed E-state index contributed by atoms with van der Waals surface area (Å²) in [5.74, 6) is 0.322. The molecule has 0 spiro atoms. The number of nitrogens with zero attached hydrogens (tertiary/aromatic N) is 1. The van der Waals surface area contributed by atoms with Crippen LogP contribution in [0.4, 0.5) is 0 Å². The maximum atomic E-state index is 12.2. The Morgan fingerprint density at radius 1 is 1.56 bits per heavy atom. The molecule has 2 aliphatic rings. The summed E-state index contributed by atoms with van der Waals surface area (Å²) in [7, 11) is 0. The van der Waals surface area contributed by atoms with Gasteiger partial charge in [0, 0.05) is 19.6 Å². The molecule has 0 aromatic rings. The first-order chi connectivity index (χ1) is 7.70. The Bertz CT molecular complexity index is 254. The van der Waals surface area contributed by atoms with Crippen LogP contribution < -0.4 is 5.32 Å². The van der Waals surface area contributed by atoms with Crippen LogP contribution in [0.25, 0.3) is 0 Å². The zero-order valence-electron chi connectivity index (χ0n) is 9.69. The third-order valence-corrected chi connectivity index (χ3v) is 3.25. The Kier molecular flexibility index (Phi) is 3.78. The van der Waals surface area contributed by atoms with E-state index in [0.717, 1.165) is 19.5 Å². The van der Waals surface area contributed by atoms with E-state index in [1.807, 2.05) is 11.8 Å². The second-order valence-corrected chi connectivity index (χ2v) is 4.68. The molecule has 2 rings (SSSR count). The molecule has 0 aromatic heterocycles. The molecule has 0 aliphatic carbocycles. The van der Waals surface area contributed by atoms with Crippen LogP contribution >= 0.6 is 0 Å². The van der Waals surface area contributed by atoms with Crippen LogP contribution in [-0.4, -0.2) is 60.9 Å². The molecule has 3 unspecified atom stereocenters. The predicted molar refractivity (Wildman–Crippen MR) is 59.0 cm³/mol. The van der Waals surface area contributed by atoms with E-state index in [2.05, 4.69) is 5.32 Å². The van der Waals surface area contributed by atoms with Crippen molar-refractivity contribution in [3.8, 4) is 0 Å². The molecule has 5 nitrogen and oxygen atoms in total. The number of morpholine rings is 1. The average Bonchev–Trinajstić information content (AvgIpc) is 2.80. The Labute approximate surface area is 95.8 Å². The highest BCUT2D eigenvalue weighted by Gasteiger charge is 2.32. The van der Waals surface area contributed by atoms with Gasteiger partial charge in [0.1, 0.15) is 0 Å². The number of aliphatic hydroxyl groups is 1. The number of aliphatic hydroxyl groups excluding tert-OH is 1. The van der Waals surface area contributed by atoms with E-state index in [9.17, 15) is 4.79 Å². The van der Waals surface area contributed by atoms with Crippen molar-refractivity contribution in [3.05, 3.63) is 0 Å². The van der Waals surface area contributed by atoms with Crippen LogP contribution in [-0.2, 0) is 9.53 Å². The summed E-state index contributed by atoms with van der Waals surface area (Å²) in [5, 5.41) is 12.3. The van der Waals surface area contributed by atoms with Gasteiger partial charge >= 0.3 is 0 Å². The Hall–Kier alpha value is -0.650. The minimum absolute atomic E-state index is 0.0168. The quantitative estimate of drug-likeness (QED) is 0.650. The summed E-state index contributed by atoms with van der Waals surface area (Å²) >= 11 is 0. The molecule has 0 radical (unpaired) electrons. The van der Waals surface area contributed by atoms with Crippen molar-refractivity contribution in [2.45, 2.75) is 25.6 Å². The monoisotopic (exact) mass is 228 g/mol. The Morgan fingerprint density at radius 2 is 2.38 bits per heavy atom. The molecule has 2 heterocycles. The van der Waals surface area contributed by atoms with Crippen molar-refractivity contribution >= 4 is 5.91 Å². The standard InChI is InChI=1S/C11H20N2O3/c1-8-5-13(6-10(7-14)16-8)11(15)9-2-3-12-4-9/h8-10,12,14H,2-7H2,1H3. The zero-order chi connectivity index (χ0) is 11.5. The summed E-state index contributed by atoms with van der Waals surface area (Å²) in [6.45, 7) is 4.81. The molecular formula is C11H20N2O3. The largest absolute Gasteiger partial charge is 0.394 e. The highest BCUT2D eigenvalue weighted by Crippen LogP contribution is 2.17. The van der Waals surface area contributed by atoms with E-state index < -0.39 is 0 Å². The van der Waals surface area contributed by atoms with Gasteiger partial charge in [0.2, 0.25) is 5.91 Å². The van der Waals surface area contributed by atoms with Gasteiger partial charge < -0.3 is 20.1 Å². The van der Waals surface area contributed by atoms with Crippen LogP contribution in [0.3, 0.4) is 0 Å². The van der Waals surface area contributed by atoms with Gasteiger partial charge in [0.05, 0.1) is 24.7 Å². The molecule has 0 aromatic carbocycles. The third-order valence-electron chi connectivity index (χ3n) is 3.25. The predicted octanol–water partition coefficient (Wildman–Crippen LogP) is -0.796. The first-order valence-corrected chi connectivity index (χ1v) is 5.96. The highest BCUT2D eigenvalue weighted by molar-refractivity contribution is 5.79. The minimum atomic E-state index is -0.220. The summed E-state index contributed by atoms with van der Waals surface area (Å²) < 4.78 is 5.52. The summed E-state index contributed by atoms with van der Waals surface area (Å²) in [6.07, 6.45) is 0.722. The lowest BCUT2D eigenvalue weighted by molar-refractivity contribution is -0.150. The van der Waals surface area contributed by atoms with Crippen molar-refractivity contribution in [2.24, 2.45) is 5.92 Å². The number of nitrogens with one attached hydrogen (secondary N) is 1. The van der Waals surface area contributed by atoms with Crippen molar-refractivity contribution in [3.63, 3.8) is 0 Å². The lowest BCUT2D eigenvalue weighted by atomic mass is 10.1. The van der Waals surface area contributed by atoms with Crippen LogP contribution in [0, 0.1) is 5.92 Å². The SMILES string of the molecule is CC1CN(C(=O)C2CCNC2)CC(CO)O1. The lowest BCUT2D eigenvalue weighted by Gasteiger charge is -2.37. The van der Waals surface area contributed by atoms with E-state index in [1.54, 1.807) is 0 Å². The maximum Gasteiger partial charge on any atom is 0.227 e.